The number of carbonyl (C=O) groups is 1. The molecule has 4 aliphatic rings. The summed E-state index contributed by atoms with van der Waals surface area (Å²) >= 11 is 0. The van der Waals surface area contributed by atoms with Crippen molar-refractivity contribution in [3.63, 3.8) is 0 Å². The average Bonchev–Trinajstić information content (AvgIpc) is 3.19. The van der Waals surface area contributed by atoms with E-state index < -0.39 is 0 Å². The molecule has 0 spiro atoms. The number of aryl methyl sites for hydroxylation is 1. The van der Waals surface area contributed by atoms with Crippen LogP contribution < -0.4 is 0 Å². The maximum Gasteiger partial charge on any atom is 0.165 e. The second-order valence-electron chi connectivity index (χ2n) is 11.1. The number of hydrogen-bond acceptors (Lipinski definition) is 2. The van der Waals surface area contributed by atoms with Crippen molar-refractivity contribution >= 4 is 11.9 Å². The minimum absolute atomic E-state index is 0.125. The van der Waals surface area contributed by atoms with Gasteiger partial charge in [0.05, 0.1) is 6.20 Å². The normalized spacial score (nSPS) is 43.2. The Morgan fingerprint density at radius 1 is 1.14 bits per heavy atom. The van der Waals surface area contributed by atoms with Gasteiger partial charge in [0.2, 0.25) is 0 Å². The highest BCUT2D eigenvalue weighted by molar-refractivity contribution is 6.06. The zero-order chi connectivity index (χ0) is 20.4. The minimum Gasteiger partial charge on any atom is -0.294 e. The Bertz CT molecular complexity index is 851. The SMILES string of the molecule is CCn1ncc(/C=C2/C[C@@H]3[C@H]4CC[C@H]5CCCC[C@]5(C)[C@@H]4CC[C@]3(C)C2=O)c1C. The third kappa shape index (κ3) is 2.75. The number of allylic oxidation sites excluding steroid dienone is 1. The van der Waals surface area contributed by atoms with Crippen LogP contribution in [0.25, 0.3) is 6.08 Å². The Labute approximate surface area is 176 Å². The largest absolute Gasteiger partial charge is 0.294 e. The molecule has 158 valence electrons. The fourth-order valence-corrected chi connectivity index (χ4v) is 8.20. The van der Waals surface area contributed by atoms with Gasteiger partial charge in [0.15, 0.2) is 5.78 Å². The number of rotatable bonds is 2. The highest BCUT2D eigenvalue weighted by atomic mass is 16.1. The van der Waals surface area contributed by atoms with E-state index >= 15 is 0 Å². The fraction of sp³-hybridized carbons (Fsp3) is 0.769. The molecule has 5 rings (SSSR count). The molecule has 6 atom stereocenters. The second kappa shape index (κ2) is 6.82. The van der Waals surface area contributed by atoms with E-state index in [1.807, 2.05) is 10.9 Å². The third-order valence-corrected chi connectivity index (χ3v) is 9.99. The van der Waals surface area contributed by atoms with Crippen LogP contribution in [0.4, 0.5) is 0 Å². The quantitative estimate of drug-likeness (QED) is 0.559. The maximum absolute atomic E-state index is 13.6. The molecular formula is C26H38N2O. The van der Waals surface area contributed by atoms with Crippen LogP contribution in [0.5, 0.6) is 0 Å². The minimum atomic E-state index is -0.125. The van der Waals surface area contributed by atoms with Gasteiger partial charge in [-0.1, -0.05) is 26.7 Å². The van der Waals surface area contributed by atoms with Gasteiger partial charge in [-0.25, -0.2) is 0 Å². The zero-order valence-corrected chi connectivity index (χ0v) is 18.8. The van der Waals surface area contributed by atoms with E-state index in [1.165, 1.54) is 50.6 Å². The Morgan fingerprint density at radius 3 is 2.72 bits per heavy atom. The fourth-order valence-electron chi connectivity index (χ4n) is 8.20. The molecular weight excluding hydrogens is 356 g/mol. The van der Waals surface area contributed by atoms with Crippen molar-refractivity contribution in [3.05, 3.63) is 23.0 Å². The molecule has 0 N–H and O–H groups in total. The van der Waals surface area contributed by atoms with Crippen LogP contribution in [0, 0.1) is 41.4 Å². The summed E-state index contributed by atoms with van der Waals surface area (Å²) in [6.45, 7) is 10.0. The van der Waals surface area contributed by atoms with Gasteiger partial charge in [-0.3, -0.25) is 9.48 Å². The first-order valence-corrected chi connectivity index (χ1v) is 12.2. The topological polar surface area (TPSA) is 34.9 Å². The molecule has 4 saturated carbocycles. The van der Waals surface area contributed by atoms with E-state index in [4.69, 9.17) is 0 Å². The molecule has 4 fully saturated rings. The number of hydrogen-bond donors (Lipinski definition) is 0. The number of aromatic nitrogens is 2. The maximum atomic E-state index is 13.6. The summed E-state index contributed by atoms with van der Waals surface area (Å²) in [6, 6.07) is 0. The summed E-state index contributed by atoms with van der Waals surface area (Å²) in [4.78, 5) is 13.6. The molecule has 29 heavy (non-hydrogen) atoms. The van der Waals surface area contributed by atoms with E-state index in [2.05, 4.69) is 38.9 Å². The number of carbonyl (C=O) groups excluding carboxylic acids is 1. The van der Waals surface area contributed by atoms with E-state index in [0.717, 1.165) is 48.3 Å². The van der Waals surface area contributed by atoms with Crippen LogP contribution in [-0.2, 0) is 11.3 Å². The van der Waals surface area contributed by atoms with Gasteiger partial charge < -0.3 is 0 Å². The van der Waals surface area contributed by atoms with Crippen LogP contribution >= 0.6 is 0 Å². The molecule has 0 bridgehead atoms. The molecule has 1 aromatic heterocycles. The Morgan fingerprint density at radius 2 is 1.97 bits per heavy atom. The standard InChI is InChI=1S/C26H38N2O/c1-5-28-17(2)19(16-27-28)14-18-15-23-21-10-9-20-8-6-7-12-25(20,3)22(21)11-13-26(23,4)24(18)29/h14,16,20-23H,5-13,15H2,1-4H3/b18-14-/t20-,21+,22-,23-,25+,26+/m1/s1. The lowest BCUT2D eigenvalue weighted by molar-refractivity contribution is -0.137. The zero-order valence-electron chi connectivity index (χ0n) is 18.8. The van der Waals surface area contributed by atoms with Crippen LogP contribution in [0.2, 0.25) is 0 Å². The monoisotopic (exact) mass is 394 g/mol. The molecule has 1 aromatic rings. The molecule has 0 radical (unpaired) electrons. The summed E-state index contributed by atoms with van der Waals surface area (Å²) in [5.74, 6) is 3.54. The van der Waals surface area contributed by atoms with Crippen molar-refractivity contribution in [1.82, 2.24) is 9.78 Å². The van der Waals surface area contributed by atoms with Crippen LogP contribution in [0.1, 0.15) is 89.8 Å². The Kier molecular flexibility index (Phi) is 4.60. The van der Waals surface area contributed by atoms with E-state index in [1.54, 1.807) is 0 Å². The molecule has 0 saturated heterocycles. The van der Waals surface area contributed by atoms with Crippen molar-refractivity contribution in [3.8, 4) is 0 Å². The molecule has 0 aromatic carbocycles. The number of Topliss-reactive ketones (excluding diaryl/α,β-unsaturated/α-hetero) is 1. The summed E-state index contributed by atoms with van der Waals surface area (Å²) < 4.78 is 2.03. The van der Waals surface area contributed by atoms with Crippen LogP contribution in [0.3, 0.4) is 0 Å². The highest BCUT2D eigenvalue weighted by Gasteiger charge is 2.60. The summed E-state index contributed by atoms with van der Waals surface area (Å²) in [5.41, 5.74) is 3.81. The molecule has 0 aliphatic heterocycles. The molecule has 0 amide bonds. The van der Waals surface area contributed by atoms with Gasteiger partial charge in [-0.2, -0.15) is 5.10 Å². The second-order valence-corrected chi connectivity index (χ2v) is 11.1. The molecule has 3 heteroatoms. The van der Waals surface area contributed by atoms with Crippen molar-refractivity contribution in [2.75, 3.05) is 0 Å². The highest BCUT2D eigenvalue weighted by Crippen LogP contribution is 2.66. The molecule has 3 nitrogen and oxygen atoms in total. The van der Waals surface area contributed by atoms with Gasteiger partial charge >= 0.3 is 0 Å². The number of nitrogens with zero attached hydrogens (tertiary/aromatic N) is 2. The molecule has 1 heterocycles. The molecule has 4 aliphatic carbocycles. The lowest BCUT2D eigenvalue weighted by Crippen LogP contribution is -2.52. The predicted octanol–water partition coefficient (Wildman–Crippen LogP) is 6.21. The van der Waals surface area contributed by atoms with E-state index in [0.29, 0.717) is 17.1 Å². The predicted molar refractivity (Wildman–Crippen MR) is 117 cm³/mol. The number of ketones is 1. The third-order valence-electron chi connectivity index (χ3n) is 9.99. The van der Waals surface area contributed by atoms with Crippen molar-refractivity contribution in [2.45, 2.75) is 92.0 Å². The van der Waals surface area contributed by atoms with Gasteiger partial charge in [0, 0.05) is 23.2 Å². The average molecular weight is 395 g/mol. The van der Waals surface area contributed by atoms with Gasteiger partial charge in [-0.15, -0.1) is 0 Å². The smallest absolute Gasteiger partial charge is 0.165 e. The van der Waals surface area contributed by atoms with Crippen molar-refractivity contribution in [2.24, 2.45) is 34.5 Å². The first kappa shape index (κ1) is 19.6. The Balaban J connectivity index is 1.46. The van der Waals surface area contributed by atoms with Crippen LogP contribution in [-0.4, -0.2) is 15.6 Å². The first-order chi connectivity index (χ1) is 13.9. The van der Waals surface area contributed by atoms with Gasteiger partial charge in [-0.05, 0) is 99.5 Å². The van der Waals surface area contributed by atoms with E-state index in [-0.39, 0.29) is 5.41 Å². The van der Waals surface area contributed by atoms with Gasteiger partial charge in [0.25, 0.3) is 0 Å². The number of fused-ring (bicyclic) bond motifs is 5. The lowest BCUT2D eigenvalue weighted by Gasteiger charge is -2.59. The van der Waals surface area contributed by atoms with E-state index in [9.17, 15) is 4.79 Å². The van der Waals surface area contributed by atoms with Gasteiger partial charge in [0.1, 0.15) is 0 Å². The summed E-state index contributed by atoms with van der Waals surface area (Å²) in [6.07, 6.45) is 16.0. The Hall–Kier alpha value is -1.38. The van der Waals surface area contributed by atoms with Crippen LogP contribution in [0.15, 0.2) is 11.8 Å². The summed E-state index contributed by atoms with van der Waals surface area (Å²) in [7, 11) is 0. The van der Waals surface area contributed by atoms with Crippen molar-refractivity contribution in [1.29, 1.82) is 0 Å². The molecule has 0 unspecified atom stereocenters. The lowest BCUT2D eigenvalue weighted by atomic mass is 9.45. The van der Waals surface area contributed by atoms with Crippen molar-refractivity contribution < 1.29 is 4.79 Å². The first-order valence-electron chi connectivity index (χ1n) is 12.2. The summed E-state index contributed by atoms with van der Waals surface area (Å²) in [5, 5.41) is 4.49.